The first-order chi connectivity index (χ1) is 11.0. The number of nitrogens with one attached hydrogen (secondary N) is 1. The molecule has 2 nitrogen and oxygen atoms in total. The minimum atomic E-state index is -4.24. The minimum Gasteiger partial charge on any atom is -0.314 e. The average molecular weight is 344 g/mol. The molecule has 1 aromatic rings. The second kappa shape index (κ2) is 7.45. The molecule has 1 aromatic carbocycles. The summed E-state index contributed by atoms with van der Waals surface area (Å²) in [7, 11) is 0. The number of nitrogens with zero attached hydrogens (tertiary/aromatic N) is 1. The lowest BCUT2D eigenvalue weighted by atomic mass is 9.89. The fourth-order valence-corrected chi connectivity index (χ4v) is 4.63. The highest BCUT2D eigenvalue weighted by Crippen LogP contribution is 2.46. The van der Waals surface area contributed by atoms with Gasteiger partial charge in [0, 0.05) is 37.1 Å². The molecule has 3 rings (SSSR count). The normalized spacial score (nSPS) is 22.4. The molecule has 1 aliphatic carbocycles. The molecule has 1 N–H and O–H groups in total. The molecule has 6 heteroatoms. The van der Waals surface area contributed by atoms with Crippen LogP contribution in [0, 0.1) is 5.92 Å². The van der Waals surface area contributed by atoms with Gasteiger partial charge in [-0.25, -0.2) is 0 Å². The molecular weight excluding hydrogens is 321 g/mol. The van der Waals surface area contributed by atoms with E-state index in [-0.39, 0.29) is 17.8 Å². The molecule has 0 radical (unpaired) electrons. The molecule has 0 spiro atoms. The SMILES string of the molecule is FC(F)(F)Sc1ccccc1[C@@H](C1CCCC1)N1CCNCC1. The third-order valence-corrected chi connectivity index (χ3v) is 5.68. The lowest BCUT2D eigenvalue weighted by Crippen LogP contribution is -2.46. The van der Waals surface area contributed by atoms with Crippen LogP contribution in [0.25, 0.3) is 0 Å². The van der Waals surface area contributed by atoms with Crippen molar-refractivity contribution in [3.05, 3.63) is 29.8 Å². The van der Waals surface area contributed by atoms with Crippen molar-refractivity contribution in [2.24, 2.45) is 5.92 Å². The van der Waals surface area contributed by atoms with Crippen molar-refractivity contribution in [1.82, 2.24) is 10.2 Å². The van der Waals surface area contributed by atoms with E-state index in [0.29, 0.717) is 10.8 Å². The Hall–Kier alpha value is -0.720. The van der Waals surface area contributed by atoms with Crippen LogP contribution in [0.2, 0.25) is 0 Å². The van der Waals surface area contributed by atoms with E-state index in [1.54, 1.807) is 12.1 Å². The smallest absolute Gasteiger partial charge is 0.314 e. The van der Waals surface area contributed by atoms with E-state index in [1.165, 1.54) is 12.8 Å². The van der Waals surface area contributed by atoms with Gasteiger partial charge in [0.2, 0.25) is 0 Å². The van der Waals surface area contributed by atoms with Gasteiger partial charge in [-0.3, -0.25) is 4.90 Å². The molecular formula is C17H23F3N2S. The summed E-state index contributed by atoms with van der Waals surface area (Å²) in [5.74, 6) is 0.475. The highest BCUT2D eigenvalue weighted by Gasteiger charge is 2.36. The van der Waals surface area contributed by atoms with Crippen molar-refractivity contribution >= 4 is 11.8 Å². The molecule has 1 aliphatic heterocycles. The summed E-state index contributed by atoms with van der Waals surface area (Å²) in [6, 6.07) is 7.23. The van der Waals surface area contributed by atoms with Crippen LogP contribution in [0.3, 0.4) is 0 Å². The second-order valence-electron chi connectivity index (χ2n) is 6.36. The van der Waals surface area contributed by atoms with Crippen LogP contribution < -0.4 is 5.32 Å². The Kier molecular flexibility index (Phi) is 5.54. The molecule has 1 heterocycles. The van der Waals surface area contributed by atoms with E-state index in [2.05, 4.69) is 10.2 Å². The first kappa shape index (κ1) is 17.1. The first-order valence-corrected chi connectivity index (χ1v) is 9.16. The zero-order valence-electron chi connectivity index (χ0n) is 13.1. The summed E-state index contributed by atoms with van der Waals surface area (Å²) >= 11 is 0.0362. The van der Waals surface area contributed by atoms with Crippen molar-refractivity contribution in [2.75, 3.05) is 26.2 Å². The Morgan fingerprint density at radius 3 is 2.39 bits per heavy atom. The first-order valence-electron chi connectivity index (χ1n) is 8.34. The van der Waals surface area contributed by atoms with Gasteiger partial charge < -0.3 is 5.32 Å². The number of halogens is 3. The fourth-order valence-electron chi connectivity index (χ4n) is 3.92. The number of alkyl halides is 3. The molecule has 2 aliphatic rings. The summed E-state index contributed by atoms with van der Waals surface area (Å²) in [6.45, 7) is 3.65. The Bertz CT molecular complexity index is 509. The Morgan fingerprint density at radius 2 is 1.74 bits per heavy atom. The van der Waals surface area contributed by atoms with E-state index in [4.69, 9.17) is 0 Å². The van der Waals surface area contributed by atoms with Crippen LogP contribution in [0.5, 0.6) is 0 Å². The number of benzene rings is 1. The van der Waals surface area contributed by atoms with Gasteiger partial charge in [0.1, 0.15) is 0 Å². The number of piperazine rings is 1. The number of rotatable bonds is 4. The zero-order chi connectivity index (χ0) is 16.3. The van der Waals surface area contributed by atoms with E-state index in [1.807, 2.05) is 12.1 Å². The van der Waals surface area contributed by atoms with Crippen molar-refractivity contribution < 1.29 is 13.2 Å². The molecule has 0 unspecified atom stereocenters. The Balaban J connectivity index is 1.92. The molecule has 0 aromatic heterocycles. The van der Waals surface area contributed by atoms with E-state index in [0.717, 1.165) is 44.6 Å². The number of thioether (sulfide) groups is 1. The van der Waals surface area contributed by atoms with Gasteiger partial charge in [-0.15, -0.1) is 0 Å². The number of hydrogen-bond acceptors (Lipinski definition) is 3. The van der Waals surface area contributed by atoms with Crippen LogP contribution in [-0.4, -0.2) is 36.6 Å². The minimum absolute atomic E-state index is 0.0362. The lowest BCUT2D eigenvalue weighted by Gasteiger charge is -2.39. The quantitative estimate of drug-likeness (QED) is 0.813. The standard InChI is InChI=1S/C17H23F3N2S/c18-17(19,20)23-15-8-4-3-7-14(15)16(13-5-1-2-6-13)22-11-9-21-10-12-22/h3-4,7-8,13,16,21H,1-2,5-6,9-12H2/t16-/m1/s1. The van der Waals surface area contributed by atoms with E-state index >= 15 is 0 Å². The fraction of sp³-hybridized carbons (Fsp3) is 0.647. The summed E-state index contributed by atoms with van der Waals surface area (Å²) in [5, 5.41) is 3.34. The second-order valence-corrected chi connectivity index (χ2v) is 7.47. The molecule has 1 atom stereocenters. The molecule has 1 saturated heterocycles. The maximum atomic E-state index is 12.9. The summed E-state index contributed by atoms with van der Waals surface area (Å²) < 4.78 is 38.8. The van der Waals surface area contributed by atoms with Gasteiger partial charge >= 0.3 is 5.51 Å². The molecule has 128 valence electrons. The summed E-state index contributed by atoms with van der Waals surface area (Å²) in [4.78, 5) is 2.76. The monoisotopic (exact) mass is 344 g/mol. The van der Waals surface area contributed by atoms with Crippen molar-refractivity contribution in [1.29, 1.82) is 0 Å². The van der Waals surface area contributed by atoms with Crippen LogP contribution in [-0.2, 0) is 0 Å². The van der Waals surface area contributed by atoms with Crippen molar-refractivity contribution in [2.45, 2.75) is 42.1 Å². The highest BCUT2D eigenvalue weighted by atomic mass is 32.2. The van der Waals surface area contributed by atoms with Gasteiger partial charge in [-0.1, -0.05) is 31.0 Å². The summed E-state index contributed by atoms with van der Waals surface area (Å²) in [5.41, 5.74) is -3.37. The van der Waals surface area contributed by atoms with E-state index < -0.39 is 5.51 Å². The predicted molar refractivity (Wildman–Crippen MR) is 87.5 cm³/mol. The maximum absolute atomic E-state index is 12.9. The average Bonchev–Trinajstić information content (AvgIpc) is 3.03. The Labute approximate surface area is 139 Å². The van der Waals surface area contributed by atoms with Gasteiger partial charge in [0.15, 0.2) is 0 Å². The van der Waals surface area contributed by atoms with Crippen molar-refractivity contribution in [3.8, 4) is 0 Å². The zero-order valence-corrected chi connectivity index (χ0v) is 13.9. The highest BCUT2D eigenvalue weighted by molar-refractivity contribution is 8.00. The van der Waals surface area contributed by atoms with Crippen LogP contribution in [0.1, 0.15) is 37.3 Å². The topological polar surface area (TPSA) is 15.3 Å². The van der Waals surface area contributed by atoms with Gasteiger partial charge in [0.25, 0.3) is 0 Å². The molecule has 2 fully saturated rings. The third kappa shape index (κ3) is 4.43. The lowest BCUT2D eigenvalue weighted by molar-refractivity contribution is -0.0329. The van der Waals surface area contributed by atoms with Crippen LogP contribution in [0.4, 0.5) is 13.2 Å². The summed E-state index contributed by atoms with van der Waals surface area (Å²) in [6.07, 6.45) is 4.64. The third-order valence-electron chi connectivity index (χ3n) is 4.85. The molecule has 23 heavy (non-hydrogen) atoms. The maximum Gasteiger partial charge on any atom is 0.446 e. The van der Waals surface area contributed by atoms with Crippen LogP contribution >= 0.6 is 11.8 Å². The van der Waals surface area contributed by atoms with Gasteiger partial charge in [-0.2, -0.15) is 13.2 Å². The van der Waals surface area contributed by atoms with Gasteiger partial charge in [0.05, 0.1) is 0 Å². The van der Waals surface area contributed by atoms with Crippen LogP contribution in [0.15, 0.2) is 29.2 Å². The Morgan fingerprint density at radius 1 is 1.09 bits per heavy atom. The largest absolute Gasteiger partial charge is 0.446 e. The molecule has 0 amide bonds. The van der Waals surface area contributed by atoms with Gasteiger partial charge in [-0.05, 0) is 42.2 Å². The predicted octanol–water partition coefficient (Wildman–Crippen LogP) is 4.44. The van der Waals surface area contributed by atoms with E-state index in [9.17, 15) is 13.2 Å². The molecule has 0 bridgehead atoms. The molecule has 1 saturated carbocycles. The number of hydrogen-bond donors (Lipinski definition) is 1. The van der Waals surface area contributed by atoms with Crippen molar-refractivity contribution in [3.63, 3.8) is 0 Å².